The van der Waals surface area contributed by atoms with Crippen LogP contribution in [0.2, 0.25) is 0 Å². The van der Waals surface area contributed by atoms with Crippen molar-refractivity contribution in [3.8, 4) is 0 Å². The van der Waals surface area contributed by atoms with Crippen molar-refractivity contribution in [1.29, 1.82) is 0 Å². The lowest BCUT2D eigenvalue weighted by Crippen LogP contribution is -2.14. The largest absolute Gasteiger partial charge is 0.403 e. The zero-order valence-corrected chi connectivity index (χ0v) is 6.64. The molecule has 0 aromatic carbocycles. The van der Waals surface area contributed by atoms with Gasteiger partial charge in [0.1, 0.15) is 0 Å². The highest BCUT2D eigenvalue weighted by Crippen LogP contribution is 2.19. The van der Waals surface area contributed by atoms with Crippen LogP contribution in [0.4, 0.5) is 0 Å². The first kappa shape index (κ1) is 7.61. The van der Waals surface area contributed by atoms with Crippen molar-refractivity contribution in [3.63, 3.8) is 0 Å². The van der Waals surface area contributed by atoms with Crippen LogP contribution in [0.3, 0.4) is 0 Å². The number of likely N-dealkylation sites (tertiary alicyclic amines) is 1. The SMILES string of the molecule is C=C(N)CC1CCN(C)C1. The first-order valence-electron chi connectivity index (χ1n) is 3.80. The lowest BCUT2D eigenvalue weighted by atomic mass is 10.0. The Bertz CT molecular complexity index is 131. The number of nitrogens with zero attached hydrogens (tertiary/aromatic N) is 1. The van der Waals surface area contributed by atoms with E-state index in [9.17, 15) is 0 Å². The zero-order valence-electron chi connectivity index (χ0n) is 6.64. The summed E-state index contributed by atoms with van der Waals surface area (Å²) in [5, 5.41) is 0. The molecule has 0 spiro atoms. The van der Waals surface area contributed by atoms with E-state index in [1.165, 1.54) is 19.5 Å². The molecule has 0 bridgehead atoms. The normalized spacial score (nSPS) is 27.1. The van der Waals surface area contributed by atoms with Crippen LogP contribution in [0, 0.1) is 5.92 Å². The Labute approximate surface area is 62.7 Å². The van der Waals surface area contributed by atoms with Crippen LogP contribution in [0.15, 0.2) is 12.3 Å². The highest BCUT2D eigenvalue weighted by Gasteiger charge is 2.18. The fourth-order valence-corrected chi connectivity index (χ4v) is 1.56. The third kappa shape index (κ3) is 2.03. The highest BCUT2D eigenvalue weighted by atomic mass is 15.1. The van der Waals surface area contributed by atoms with Gasteiger partial charge in [0, 0.05) is 12.2 Å². The third-order valence-corrected chi connectivity index (χ3v) is 2.04. The quantitative estimate of drug-likeness (QED) is 0.614. The van der Waals surface area contributed by atoms with Gasteiger partial charge in [-0.3, -0.25) is 0 Å². The molecule has 58 valence electrons. The average molecular weight is 140 g/mol. The predicted octanol–water partition coefficient (Wildman–Crippen LogP) is 0.801. The Morgan fingerprint density at radius 3 is 2.90 bits per heavy atom. The molecule has 1 rings (SSSR count). The number of hydrogen-bond acceptors (Lipinski definition) is 2. The molecule has 1 fully saturated rings. The molecule has 0 aliphatic carbocycles. The summed E-state index contributed by atoms with van der Waals surface area (Å²) in [6, 6.07) is 0. The van der Waals surface area contributed by atoms with Crippen molar-refractivity contribution >= 4 is 0 Å². The summed E-state index contributed by atoms with van der Waals surface area (Å²) in [7, 11) is 2.15. The standard InChI is InChI=1S/C8H16N2/c1-7(9)5-8-3-4-10(2)6-8/h8H,1,3-6,9H2,2H3. The topological polar surface area (TPSA) is 29.3 Å². The van der Waals surface area contributed by atoms with Gasteiger partial charge in [0.2, 0.25) is 0 Å². The van der Waals surface area contributed by atoms with E-state index in [0.717, 1.165) is 18.0 Å². The maximum Gasteiger partial charge on any atom is 0.00108 e. The molecule has 2 nitrogen and oxygen atoms in total. The molecule has 2 heteroatoms. The summed E-state index contributed by atoms with van der Waals surface area (Å²) in [6.07, 6.45) is 2.29. The van der Waals surface area contributed by atoms with Crippen molar-refractivity contribution in [2.75, 3.05) is 20.1 Å². The fraction of sp³-hybridized carbons (Fsp3) is 0.750. The van der Waals surface area contributed by atoms with E-state index in [2.05, 4.69) is 18.5 Å². The molecule has 0 aromatic heterocycles. The number of nitrogens with two attached hydrogens (primary N) is 1. The van der Waals surface area contributed by atoms with Crippen molar-refractivity contribution in [2.24, 2.45) is 11.7 Å². The van der Waals surface area contributed by atoms with Gasteiger partial charge in [-0.05, 0) is 32.4 Å². The highest BCUT2D eigenvalue weighted by molar-refractivity contribution is 4.91. The van der Waals surface area contributed by atoms with Gasteiger partial charge in [0.05, 0.1) is 0 Å². The molecule has 1 saturated heterocycles. The van der Waals surface area contributed by atoms with E-state index in [1.54, 1.807) is 0 Å². The first-order chi connectivity index (χ1) is 4.68. The van der Waals surface area contributed by atoms with Gasteiger partial charge < -0.3 is 10.6 Å². The Balaban J connectivity index is 2.24. The summed E-state index contributed by atoms with van der Waals surface area (Å²) in [5.74, 6) is 0.766. The van der Waals surface area contributed by atoms with Crippen LogP contribution in [-0.4, -0.2) is 25.0 Å². The van der Waals surface area contributed by atoms with Crippen LogP contribution in [0.5, 0.6) is 0 Å². The van der Waals surface area contributed by atoms with Crippen LogP contribution in [0.1, 0.15) is 12.8 Å². The monoisotopic (exact) mass is 140 g/mol. The molecule has 1 unspecified atom stereocenters. The molecule has 10 heavy (non-hydrogen) atoms. The summed E-state index contributed by atoms with van der Waals surface area (Å²) in [4.78, 5) is 2.34. The van der Waals surface area contributed by atoms with E-state index in [-0.39, 0.29) is 0 Å². The van der Waals surface area contributed by atoms with Gasteiger partial charge in [-0.1, -0.05) is 6.58 Å². The predicted molar refractivity (Wildman–Crippen MR) is 43.5 cm³/mol. The molecular weight excluding hydrogens is 124 g/mol. The molecule has 2 N–H and O–H groups in total. The smallest absolute Gasteiger partial charge is 0.00108 e. The Morgan fingerprint density at radius 2 is 2.50 bits per heavy atom. The lowest BCUT2D eigenvalue weighted by Gasteiger charge is -2.08. The molecule has 1 aliphatic heterocycles. The Morgan fingerprint density at radius 1 is 1.80 bits per heavy atom. The number of rotatable bonds is 2. The minimum atomic E-state index is 0.766. The molecule has 1 atom stereocenters. The van der Waals surface area contributed by atoms with Crippen molar-refractivity contribution in [2.45, 2.75) is 12.8 Å². The second-order valence-electron chi connectivity index (χ2n) is 3.28. The minimum absolute atomic E-state index is 0.766. The van der Waals surface area contributed by atoms with Crippen molar-refractivity contribution in [3.05, 3.63) is 12.3 Å². The van der Waals surface area contributed by atoms with Crippen molar-refractivity contribution in [1.82, 2.24) is 4.90 Å². The minimum Gasteiger partial charge on any atom is -0.403 e. The van der Waals surface area contributed by atoms with Gasteiger partial charge in [-0.25, -0.2) is 0 Å². The second-order valence-corrected chi connectivity index (χ2v) is 3.28. The molecular formula is C8H16N2. The first-order valence-corrected chi connectivity index (χ1v) is 3.80. The average Bonchev–Trinajstić information content (AvgIpc) is 2.13. The van der Waals surface area contributed by atoms with Gasteiger partial charge >= 0.3 is 0 Å². The number of allylic oxidation sites excluding steroid dienone is 1. The van der Waals surface area contributed by atoms with Crippen LogP contribution >= 0.6 is 0 Å². The van der Waals surface area contributed by atoms with E-state index in [4.69, 9.17) is 5.73 Å². The third-order valence-electron chi connectivity index (χ3n) is 2.04. The van der Waals surface area contributed by atoms with Gasteiger partial charge in [0.25, 0.3) is 0 Å². The summed E-state index contributed by atoms with van der Waals surface area (Å²) in [6.45, 7) is 6.11. The summed E-state index contributed by atoms with van der Waals surface area (Å²) in [5.41, 5.74) is 6.34. The summed E-state index contributed by atoms with van der Waals surface area (Å²) >= 11 is 0. The van der Waals surface area contributed by atoms with E-state index in [1.807, 2.05) is 0 Å². The van der Waals surface area contributed by atoms with E-state index in [0.29, 0.717) is 0 Å². The van der Waals surface area contributed by atoms with Gasteiger partial charge in [-0.15, -0.1) is 0 Å². The maximum absolute atomic E-state index is 5.50. The molecule has 0 aromatic rings. The Kier molecular flexibility index (Phi) is 2.33. The Hall–Kier alpha value is -0.500. The van der Waals surface area contributed by atoms with Gasteiger partial charge in [-0.2, -0.15) is 0 Å². The fourth-order valence-electron chi connectivity index (χ4n) is 1.56. The molecule has 0 saturated carbocycles. The van der Waals surface area contributed by atoms with Crippen LogP contribution in [-0.2, 0) is 0 Å². The summed E-state index contributed by atoms with van der Waals surface area (Å²) < 4.78 is 0. The molecule has 0 radical (unpaired) electrons. The van der Waals surface area contributed by atoms with Crippen molar-refractivity contribution < 1.29 is 0 Å². The zero-order chi connectivity index (χ0) is 7.56. The number of hydrogen-bond donors (Lipinski definition) is 1. The van der Waals surface area contributed by atoms with Crippen LogP contribution in [0.25, 0.3) is 0 Å². The van der Waals surface area contributed by atoms with E-state index < -0.39 is 0 Å². The lowest BCUT2D eigenvalue weighted by molar-refractivity contribution is 0.394. The van der Waals surface area contributed by atoms with Crippen LogP contribution < -0.4 is 5.73 Å². The molecule has 1 heterocycles. The van der Waals surface area contributed by atoms with Gasteiger partial charge in [0.15, 0.2) is 0 Å². The molecule has 0 amide bonds. The molecule has 1 aliphatic rings. The van der Waals surface area contributed by atoms with E-state index >= 15 is 0 Å². The maximum atomic E-state index is 5.50. The second kappa shape index (κ2) is 3.06.